The van der Waals surface area contributed by atoms with Gasteiger partial charge in [0.25, 0.3) is 5.91 Å². The predicted octanol–water partition coefficient (Wildman–Crippen LogP) is 1.56. The van der Waals surface area contributed by atoms with Gasteiger partial charge in [0, 0.05) is 6.07 Å². The number of nitrogens with two attached hydrogens (primary N) is 1. The standard InChI is InChI=1S/C12H14N4O2/c1-7-3-4-8(10(5-7)18-2)14-12(17)9-6-11(13)16-15-9/h3-6H,1-2H3,(H,14,17)(H3,13,15,16). The van der Waals surface area contributed by atoms with Crippen LogP contribution < -0.4 is 15.8 Å². The van der Waals surface area contributed by atoms with Crippen LogP contribution in [0.2, 0.25) is 0 Å². The van der Waals surface area contributed by atoms with Crippen LogP contribution in [0.25, 0.3) is 0 Å². The summed E-state index contributed by atoms with van der Waals surface area (Å²) in [6.07, 6.45) is 0. The average Bonchev–Trinajstić information content (AvgIpc) is 2.78. The van der Waals surface area contributed by atoms with Gasteiger partial charge >= 0.3 is 0 Å². The molecule has 1 aromatic carbocycles. The van der Waals surface area contributed by atoms with Gasteiger partial charge in [-0.25, -0.2) is 0 Å². The minimum atomic E-state index is -0.318. The molecule has 0 fully saturated rings. The van der Waals surface area contributed by atoms with Gasteiger partial charge in [-0.2, -0.15) is 5.10 Å². The van der Waals surface area contributed by atoms with Gasteiger partial charge in [0.1, 0.15) is 17.3 Å². The van der Waals surface area contributed by atoms with Gasteiger partial charge in [-0.3, -0.25) is 9.89 Å². The van der Waals surface area contributed by atoms with Crippen molar-refractivity contribution in [3.8, 4) is 5.75 Å². The second kappa shape index (κ2) is 4.79. The van der Waals surface area contributed by atoms with E-state index in [0.29, 0.717) is 17.1 Å². The molecule has 1 heterocycles. The molecule has 6 heteroatoms. The highest BCUT2D eigenvalue weighted by Gasteiger charge is 2.11. The van der Waals surface area contributed by atoms with E-state index in [1.54, 1.807) is 13.2 Å². The topological polar surface area (TPSA) is 93.0 Å². The van der Waals surface area contributed by atoms with Crippen molar-refractivity contribution in [2.75, 3.05) is 18.2 Å². The Morgan fingerprint density at radius 2 is 2.22 bits per heavy atom. The molecule has 0 saturated heterocycles. The quantitative estimate of drug-likeness (QED) is 0.766. The molecule has 0 radical (unpaired) electrons. The number of methoxy groups -OCH3 is 1. The fourth-order valence-corrected chi connectivity index (χ4v) is 1.54. The van der Waals surface area contributed by atoms with Crippen LogP contribution in [0.3, 0.4) is 0 Å². The molecule has 4 N–H and O–H groups in total. The second-order valence-electron chi connectivity index (χ2n) is 3.86. The molecule has 6 nitrogen and oxygen atoms in total. The first-order chi connectivity index (χ1) is 8.60. The summed E-state index contributed by atoms with van der Waals surface area (Å²) in [5.41, 5.74) is 7.39. The zero-order valence-corrected chi connectivity index (χ0v) is 10.2. The van der Waals surface area contributed by atoms with Crippen molar-refractivity contribution in [2.45, 2.75) is 6.92 Å². The number of hydrogen-bond acceptors (Lipinski definition) is 4. The number of carbonyl (C=O) groups is 1. The molecule has 0 spiro atoms. The lowest BCUT2D eigenvalue weighted by atomic mass is 10.2. The summed E-state index contributed by atoms with van der Waals surface area (Å²) in [5.74, 6) is 0.563. The van der Waals surface area contributed by atoms with Crippen LogP contribution in [-0.4, -0.2) is 23.2 Å². The summed E-state index contributed by atoms with van der Waals surface area (Å²) in [6.45, 7) is 1.95. The smallest absolute Gasteiger partial charge is 0.273 e. The van der Waals surface area contributed by atoms with E-state index in [-0.39, 0.29) is 11.7 Å². The van der Waals surface area contributed by atoms with E-state index < -0.39 is 0 Å². The van der Waals surface area contributed by atoms with Gasteiger partial charge < -0.3 is 15.8 Å². The number of aryl methyl sites for hydroxylation is 1. The molecule has 0 saturated carbocycles. The number of hydrogen-bond donors (Lipinski definition) is 3. The number of aromatic nitrogens is 2. The van der Waals surface area contributed by atoms with Crippen LogP contribution in [0.5, 0.6) is 5.75 Å². The Morgan fingerprint density at radius 1 is 1.44 bits per heavy atom. The number of nitrogens with one attached hydrogen (secondary N) is 2. The maximum Gasteiger partial charge on any atom is 0.273 e. The summed E-state index contributed by atoms with van der Waals surface area (Å²) in [5, 5.41) is 8.97. The highest BCUT2D eigenvalue weighted by atomic mass is 16.5. The van der Waals surface area contributed by atoms with E-state index in [4.69, 9.17) is 10.5 Å². The Balaban J connectivity index is 2.21. The number of benzene rings is 1. The first-order valence-corrected chi connectivity index (χ1v) is 5.37. The SMILES string of the molecule is COc1cc(C)ccc1NC(=O)c1cc(N)n[nH]1. The van der Waals surface area contributed by atoms with E-state index in [2.05, 4.69) is 15.5 Å². The minimum Gasteiger partial charge on any atom is -0.495 e. The lowest BCUT2D eigenvalue weighted by molar-refractivity contribution is 0.102. The Hall–Kier alpha value is -2.50. The van der Waals surface area contributed by atoms with Crippen molar-refractivity contribution in [1.82, 2.24) is 10.2 Å². The number of H-pyrrole nitrogens is 1. The normalized spacial score (nSPS) is 10.1. The number of carbonyl (C=O) groups excluding carboxylic acids is 1. The largest absolute Gasteiger partial charge is 0.495 e. The van der Waals surface area contributed by atoms with Crippen LogP contribution in [0.4, 0.5) is 11.5 Å². The third-order valence-corrected chi connectivity index (χ3v) is 2.45. The van der Waals surface area contributed by atoms with Crippen molar-refractivity contribution in [1.29, 1.82) is 0 Å². The van der Waals surface area contributed by atoms with Gasteiger partial charge in [-0.15, -0.1) is 0 Å². The summed E-state index contributed by atoms with van der Waals surface area (Å²) in [4.78, 5) is 11.9. The monoisotopic (exact) mass is 246 g/mol. The highest BCUT2D eigenvalue weighted by Crippen LogP contribution is 2.25. The molecule has 1 aromatic heterocycles. The second-order valence-corrected chi connectivity index (χ2v) is 3.86. The van der Waals surface area contributed by atoms with E-state index in [1.165, 1.54) is 6.07 Å². The number of rotatable bonds is 3. The van der Waals surface area contributed by atoms with E-state index in [0.717, 1.165) is 5.56 Å². The van der Waals surface area contributed by atoms with Crippen molar-refractivity contribution in [3.63, 3.8) is 0 Å². The zero-order chi connectivity index (χ0) is 13.1. The molecule has 0 aliphatic rings. The van der Waals surface area contributed by atoms with Gasteiger partial charge in [-0.1, -0.05) is 6.07 Å². The molecule has 0 aliphatic carbocycles. The molecule has 1 amide bonds. The number of ether oxygens (including phenoxy) is 1. The Labute approximate surface area is 104 Å². The fourth-order valence-electron chi connectivity index (χ4n) is 1.54. The van der Waals surface area contributed by atoms with E-state index >= 15 is 0 Å². The van der Waals surface area contributed by atoms with Gasteiger partial charge in [-0.05, 0) is 24.6 Å². The molecule has 0 unspecified atom stereocenters. The first-order valence-electron chi connectivity index (χ1n) is 5.37. The summed E-state index contributed by atoms with van der Waals surface area (Å²) < 4.78 is 5.20. The Morgan fingerprint density at radius 3 is 2.83 bits per heavy atom. The van der Waals surface area contributed by atoms with Gasteiger partial charge in [0.05, 0.1) is 12.8 Å². The maximum absolute atomic E-state index is 11.9. The fraction of sp³-hybridized carbons (Fsp3) is 0.167. The van der Waals surface area contributed by atoms with Gasteiger partial charge in [0.2, 0.25) is 0 Å². The van der Waals surface area contributed by atoms with Crippen LogP contribution in [0.1, 0.15) is 16.1 Å². The van der Waals surface area contributed by atoms with Crippen LogP contribution in [0, 0.1) is 6.92 Å². The van der Waals surface area contributed by atoms with Crippen molar-refractivity contribution >= 4 is 17.4 Å². The lowest BCUT2D eigenvalue weighted by Gasteiger charge is -2.10. The minimum absolute atomic E-state index is 0.274. The number of anilines is 2. The van der Waals surface area contributed by atoms with Crippen LogP contribution in [0.15, 0.2) is 24.3 Å². The molecule has 0 atom stereocenters. The molecule has 0 aliphatic heterocycles. The molecule has 2 aromatic rings. The predicted molar refractivity (Wildman–Crippen MR) is 68.7 cm³/mol. The summed E-state index contributed by atoms with van der Waals surface area (Å²) >= 11 is 0. The molecular formula is C12H14N4O2. The lowest BCUT2D eigenvalue weighted by Crippen LogP contribution is -2.13. The van der Waals surface area contributed by atoms with Gasteiger partial charge in [0.15, 0.2) is 0 Å². The summed E-state index contributed by atoms with van der Waals surface area (Å²) in [6, 6.07) is 6.98. The number of amides is 1. The van der Waals surface area contributed by atoms with Crippen molar-refractivity contribution in [2.24, 2.45) is 0 Å². The van der Waals surface area contributed by atoms with Crippen LogP contribution >= 0.6 is 0 Å². The maximum atomic E-state index is 11.9. The third kappa shape index (κ3) is 2.42. The van der Waals surface area contributed by atoms with Crippen molar-refractivity contribution < 1.29 is 9.53 Å². The third-order valence-electron chi connectivity index (χ3n) is 2.45. The molecule has 0 bridgehead atoms. The Bertz CT molecular complexity index is 577. The summed E-state index contributed by atoms with van der Waals surface area (Å²) in [7, 11) is 1.55. The van der Waals surface area contributed by atoms with Crippen molar-refractivity contribution in [3.05, 3.63) is 35.5 Å². The number of aromatic amines is 1. The highest BCUT2D eigenvalue weighted by molar-refractivity contribution is 6.04. The zero-order valence-electron chi connectivity index (χ0n) is 10.2. The molecule has 94 valence electrons. The van der Waals surface area contributed by atoms with E-state index in [9.17, 15) is 4.79 Å². The molecular weight excluding hydrogens is 232 g/mol. The van der Waals surface area contributed by atoms with Crippen LogP contribution in [-0.2, 0) is 0 Å². The average molecular weight is 246 g/mol. The number of nitrogen functional groups attached to an aromatic ring is 1. The molecule has 18 heavy (non-hydrogen) atoms. The molecule has 2 rings (SSSR count). The number of nitrogens with zero attached hydrogens (tertiary/aromatic N) is 1. The Kier molecular flexibility index (Phi) is 3.18. The first kappa shape index (κ1) is 12.0. The van der Waals surface area contributed by atoms with E-state index in [1.807, 2.05) is 19.1 Å².